The molecule has 1 heterocycles. The number of carbonyl (C=O) groups is 1. The molecule has 15 heavy (non-hydrogen) atoms. The van der Waals surface area contributed by atoms with Crippen molar-refractivity contribution in [1.29, 1.82) is 0 Å². The lowest BCUT2D eigenvalue weighted by atomic mass is 9.95. The van der Waals surface area contributed by atoms with E-state index in [2.05, 4.69) is 25.2 Å². The molecule has 0 fully saturated rings. The number of benzene rings is 1. The molecule has 1 amide bonds. The number of nitrogens with one attached hydrogen (secondary N) is 1. The van der Waals surface area contributed by atoms with Crippen molar-refractivity contribution in [3.63, 3.8) is 0 Å². The molecule has 1 aromatic rings. The molecule has 1 aliphatic heterocycles. The zero-order valence-corrected chi connectivity index (χ0v) is 9.08. The molecule has 1 aliphatic rings. The van der Waals surface area contributed by atoms with Crippen molar-refractivity contribution in [3.8, 4) is 0 Å². The minimum absolute atomic E-state index is 0.105. The van der Waals surface area contributed by atoms with E-state index in [1.165, 1.54) is 5.56 Å². The summed E-state index contributed by atoms with van der Waals surface area (Å²) in [5.74, 6) is 0.407. The quantitative estimate of drug-likeness (QED) is 0.775. The van der Waals surface area contributed by atoms with E-state index in [-0.39, 0.29) is 5.91 Å². The molecule has 3 heteroatoms. The second-order valence-corrected chi connectivity index (χ2v) is 4.12. The fourth-order valence-corrected chi connectivity index (χ4v) is 1.85. The Hall–Kier alpha value is -1.35. The van der Waals surface area contributed by atoms with Crippen molar-refractivity contribution in [2.24, 2.45) is 5.73 Å². The molecule has 0 radical (unpaired) electrons. The molecule has 80 valence electrons. The Morgan fingerprint density at radius 2 is 2.27 bits per heavy atom. The summed E-state index contributed by atoms with van der Waals surface area (Å²) in [4.78, 5) is 11.3. The molecular weight excluding hydrogens is 188 g/mol. The van der Waals surface area contributed by atoms with Crippen molar-refractivity contribution >= 4 is 11.6 Å². The smallest absolute Gasteiger partial charge is 0.245 e. The van der Waals surface area contributed by atoms with Crippen molar-refractivity contribution in [3.05, 3.63) is 29.3 Å². The molecule has 0 aliphatic carbocycles. The summed E-state index contributed by atoms with van der Waals surface area (Å²) in [6, 6.07) is 5.56. The van der Waals surface area contributed by atoms with Gasteiger partial charge in [0.15, 0.2) is 0 Å². The zero-order chi connectivity index (χ0) is 11.0. The van der Waals surface area contributed by atoms with Crippen LogP contribution in [0, 0.1) is 0 Å². The van der Waals surface area contributed by atoms with Gasteiger partial charge in [0.05, 0.1) is 0 Å². The standard InChI is InChI=1S/C12H16N2O/c1-3-7(2)8-4-5-10-9(6-8)11(13)12(15)14-10/h4-7,11H,3,13H2,1-2H3,(H,14,15). The molecule has 1 aromatic carbocycles. The fourth-order valence-electron chi connectivity index (χ4n) is 1.85. The van der Waals surface area contributed by atoms with Crippen LogP contribution in [0.15, 0.2) is 18.2 Å². The molecule has 2 unspecified atom stereocenters. The van der Waals surface area contributed by atoms with Gasteiger partial charge in [0.1, 0.15) is 6.04 Å². The van der Waals surface area contributed by atoms with E-state index in [1.54, 1.807) is 0 Å². The van der Waals surface area contributed by atoms with Crippen LogP contribution in [0.4, 0.5) is 5.69 Å². The number of hydrogen-bond donors (Lipinski definition) is 2. The first-order chi connectivity index (χ1) is 7.13. The van der Waals surface area contributed by atoms with Gasteiger partial charge >= 0.3 is 0 Å². The first kappa shape index (κ1) is 10.2. The Kier molecular flexibility index (Phi) is 2.49. The maximum atomic E-state index is 11.3. The Balaban J connectivity index is 2.39. The van der Waals surface area contributed by atoms with Crippen molar-refractivity contribution < 1.29 is 4.79 Å². The molecule has 0 aromatic heterocycles. The van der Waals surface area contributed by atoms with Crippen LogP contribution in [-0.2, 0) is 4.79 Å². The zero-order valence-electron chi connectivity index (χ0n) is 9.08. The number of rotatable bonds is 2. The Bertz CT molecular complexity index is 401. The molecule has 3 nitrogen and oxygen atoms in total. The normalized spacial score (nSPS) is 21.0. The first-order valence-electron chi connectivity index (χ1n) is 5.33. The van der Waals surface area contributed by atoms with Gasteiger partial charge in [-0.2, -0.15) is 0 Å². The highest BCUT2D eigenvalue weighted by molar-refractivity contribution is 6.02. The van der Waals surface area contributed by atoms with Crippen molar-refractivity contribution in [1.82, 2.24) is 0 Å². The van der Waals surface area contributed by atoms with E-state index in [1.807, 2.05) is 12.1 Å². The Morgan fingerprint density at radius 3 is 2.93 bits per heavy atom. The van der Waals surface area contributed by atoms with Gasteiger partial charge in [0.2, 0.25) is 5.91 Å². The lowest BCUT2D eigenvalue weighted by Crippen LogP contribution is -2.19. The van der Waals surface area contributed by atoms with E-state index >= 15 is 0 Å². The van der Waals surface area contributed by atoms with Gasteiger partial charge in [-0.1, -0.05) is 26.0 Å². The lowest BCUT2D eigenvalue weighted by molar-refractivity contribution is -0.116. The van der Waals surface area contributed by atoms with Gasteiger partial charge in [0.25, 0.3) is 0 Å². The predicted molar refractivity (Wildman–Crippen MR) is 60.7 cm³/mol. The maximum Gasteiger partial charge on any atom is 0.245 e. The summed E-state index contributed by atoms with van der Waals surface area (Å²) < 4.78 is 0. The van der Waals surface area contributed by atoms with Crippen molar-refractivity contribution in [2.75, 3.05) is 5.32 Å². The summed E-state index contributed by atoms with van der Waals surface area (Å²) in [5, 5.41) is 2.77. The van der Waals surface area contributed by atoms with Crippen LogP contribution in [-0.4, -0.2) is 5.91 Å². The second kappa shape index (κ2) is 3.66. The highest BCUT2D eigenvalue weighted by Gasteiger charge is 2.27. The summed E-state index contributed by atoms with van der Waals surface area (Å²) in [7, 11) is 0. The molecule has 0 bridgehead atoms. The van der Waals surface area contributed by atoms with E-state index in [9.17, 15) is 4.79 Å². The fraction of sp³-hybridized carbons (Fsp3) is 0.417. The third kappa shape index (κ3) is 1.63. The second-order valence-electron chi connectivity index (χ2n) is 4.12. The molecule has 2 atom stereocenters. The maximum absolute atomic E-state index is 11.3. The van der Waals surface area contributed by atoms with E-state index in [0.717, 1.165) is 17.7 Å². The Labute approximate surface area is 89.7 Å². The van der Waals surface area contributed by atoms with Gasteiger partial charge in [0, 0.05) is 11.3 Å². The van der Waals surface area contributed by atoms with Crippen LogP contribution < -0.4 is 11.1 Å². The van der Waals surface area contributed by atoms with Crippen LogP contribution in [0.2, 0.25) is 0 Å². The number of hydrogen-bond acceptors (Lipinski definition) is 2. The number of amides is 1. The first-order valence-corrected chi connectivity index (χ1v) is 5.33. The molecule has 3 N–H and O–H groups in total. The van der Waals surface area contributed by atoms with Gasteiger partial charge < -0.3 is 11.1 Å². The third-order valence-electron chi connectivity index (χ3n) is 3.13. The minimum atomic E-state index is -0.496. The average molecular weight is 204 g/mol. The SMILES string of the molecule is CCC(C)c1ccc2c(c1)C(N)C(=O)N2. The van der Waals surface area contributed by atoms with E-state index < -0.39 is 6.04 Å². The largest absolute Gasteiger partial charge is 0.324 e. The third-order valence-corrected chi connectivity index (χ3v) is 3.13. The summed E-state index contributed by atoms with van der Waals surface area (Å²) in [6.07, 6.45) is 1.09. The number of anilines is 1. The van der Waals surface area contributed by atoms with E-state index in [0.29, 0.717) is 5.92 Å². The molecular formula is C12H16N2O. The van der Waals surface area contributed by atoms with Gasteiger partial charge in [-0.15, -0.1) is 0 Å². The topological polar surface area (TPSA) is 55.1 Å². The number of nitrogens with two attached hydrogens (primary N) is 1. The van der Waals surface area contributed by atoms with Crippen LogP contribution in [0.1, 0.15) is 43.4 Å². The molecule has 0 saturated heterocycles. The summed E-state index contributed by atoms with van der Waals surface area (Å²) >= 11 is 0. The lowest BCUT2D eigenvalue weighted by Gasteiger charge is -2.11. The molecule has 0 spiro atoms. The average Bonchev–Trinajstić information content (AvgIpc) is 2.54. The van der Waals surface area contributed by atoms with E-state index in [4.69, 9.17) is 5.73 Å². The predicted octanol–water partition coefficient (Wildman–Crippen LogP) is 2.15. The summed E-state index contributed by atoms with van der Waals surface area (Å²) in [6.45, 7) is 4.33. The van der Waals surface area contributed by atoms with Gasteiger partial charge in [-0.05, 0) is 24.0 Å². The monoisotopic (exact) mass is 204 g/mol. The van der Waals surface area contributed by atoms with Crippen LogP contribution in [0.3, 0.4) is 0 Å². The van der Waals surface area contributed by atoms with Crippen molar-refractivity contribution in [2.45, 2.75) is 32.2 Å². The molecule has 2 rings (SSSR count). The number of carbonyl (C=O) groups excluding carboxylic acids is 1. The van der Waals surface area contributed by atoms with Gasteiger partial charge in [-0.25, -0.2) is 0 Å². The van der Waals surface area contributed by atoms with Crippen LogP contribution in [0.5, 0.6) is 0 Å². The highest BCUT2D eigenvalue weighted by Crippen LogP contribution is 2.32. The molecule has 0 saturated carbocycles. The minimum Gasteiger partial charge on any atom is -0.324 e. The van der Waals surface area contributed by atoms with Crippen LogP contribution >= 0.6 is 0 Å². The summed E-state index contributed by atoms with van der Waals surface area (Å²) in [5.41, 5.74) is 8.83. The number of fused-ring (bicyclic) bond motifs is 1. The Morgan fingerprint density at radius 1 is 1.53 bits per heavy atom. The van der Waals surface area contributed by atoms with Crippen LogP contribution in [0.25, 0.3) is 0 Å². The van der Waals surface area contributed by atoms with Gasteiger partial charge in [-0.3, -0.25) is 4.79 Å². The highest BCUT2D eigenvalue weighted by atomic mass is 16.2.